The maximum Gasteiger partial charge on any atom is 0.267 e. The number of hydrogen-bond acceptors (Lipinski definition) is 5. The van der Waals surface area contributed by atoms with Crippen molar-refractivity contribution in [1.82, 2.24) is 14.5 Å². The van der Waals surface area contributed by atoms with E-state index in [1.165, 1.54) is 22.0 Å². The highest BCUT2D eigenvalue weighted by atomic mass is 32.2. The number of carbonyl (C=O) groups excluding carboxylic acids is 1. The second-order valence-corrected chi connectivity index (χ2v) is 7.87. The van der Waals surface area contributed by atoms with Crippen LogP contribution in [0.4, 0.5) is 0 Å². The zero-order valence-electron chi connectivity index (χ0n) is 13.5. The third-order valence-corrected chi connectivity index (χ3v) is 6.47. The monoisotopic (exact) mass is 347 g/mol. The topological polar surface area (TPSA) is 46.1 Å². The summed E-state index contributed by atoms with van der Waals surface area (Å²) in [7, 11) is 0. The Labute approximate surface area is 145 Å². The van der Waals surface area contributed by atoms with Gasteiger partial charge in [0, 0.05) is 23.2 Å². The number of likely N-dealkylation sites (tertiary alicyclic amines) is 1. The molecule has 23 heavy (non-hydrogen) atoms. The van der Waals surface area contributed by atoms with Crippen LogP contribution in [0.25, 0.3) is 0 Å². The molecule has 0 unspecified atom stereocenters. The maximum absolute atomic E-state index is 12.6. The highest BCUT2D eigenvalue weighted by Crippen LogP contribution is 2.32. The molecule has 0 bridgehead atoms. The van der Waals surface area contributed by atoms with Crippen LogP contribution in [0, 0.1) is 6.92 Å². The van der Waals surface area contributed by atoms with E-state index in [1.54, 1.807) is 0 Å². The standard InChI is InChI=1S/C17H21N3OS2/c1-3-14-16(23-19-18-14)17(21)20-10-8-13(9-11-20)22-15-7-5-4-6-12(15)2/h4-7,13H,3,8-11H2,1-2H3. The lowest BCUT2D eigenvalue weighted by Crippen LogP contribution is -2.39. The molecule has 6 heteroatoms. The van der Waals surface area contributed by atoms with Crippen molar-refractivity contribution in [3.63, 3.8) is 0 Å². The third kappa shape index (κ3) is 3.75. The molecule has 2 aromatic rings. The molecular weight excluding hydrogens is 326 g/mol. The summed E-state index contributed by atoms with van der Waals surface area (Å²) in [6.45, 7) is 5.81. The van der Waals surface area contributed by atoms with Gasteiger partial charge in [-0.15, -0.1) is 16.9 Å². The molecule has 0 N–H and O–H groups in total. The Morgan fingerprint density at radius 2 is 2.09 bits per heavy atom. The molecule has 1 aromatic heterocycles. The van der Waals surface area contributed by atoms with Crippen LogP contribution in [-0.4, -0.2) is 38.7 Å². The Hall–Kier alpha value is -1.40. The number of rotatable bonds is 4. The number of carbonyl (C=O) groups is 1. The van der Waals surface area contributed by atoms with E-state index >= 15 is 0 Å². The zero-order chi connectivity index (χ0) is 16.2. The number of benzene rings is 1. The number of aromatic nitrogens is 2. The van der Waals surface area contributed by atoms with Crippen molar-refractivity contribution in [2.75, 3.05) is 13.1 Å². The van der Waals surface area contributed by atoms with E-state index in [-0.39, 0.29) is 5.91 Å². The second-order valence-electron chi connectivity index (χ2n) is 5.78. The molecule has 0 radical (unpaired) electrons. The average Bonchev–Trinajstić information content (AvgIpc) is 3.05. The molecule has 122 valence electrons. The van der Waals surface area contributed by atoms with E-state index in [0.29, 0.717) is 5.25 Å². The minimum absolute atomic E-state index is 0.108. The Balaban J connectivity index is 1.58. The summed E-state index contributed by atoms with van der Waals surface area (Å²) in [6.07, 6.45) is 2.84. The van der Waals surface area contributed by atoms with E-state index < -0.39 is 0 Å². The van der Waals surface area contributed by atoms with Crippen LogP contribution in [-0.2, 0) is 6.42 Å². The molecule has 1 aliphatic rings. The summed E-state index contributed by atoms with van der Waals surface area (Å²) < 4.78 is 3.93. The summed E-state index contributed by atoms with van der Waals surface area (Å²) in [5.41, 5.74) is 2.16. The van der Waals surface area contributed by atoms with Gasteiger partial charge in [-0.25, -0.2) is 0 Å². The fourth-order valence-electron chi connectivity index (χ4n) is 2.79. The van der Waals surface area contributed by atoms with Gasteiger partial charge in [-0.2, -0.15) is 0 Å². The van der Waals surface area contributed by atoms with Crippen LogP contribution < -0.4 is 0 Å². The average molecular weight is 348 g/mol. The fourth-order valence-corrected chi connectivity index (χ4v) is 4.73. The molecular formula is C17H21N3OS2. The molecule has 1 saturated heterocycles. The van der Waals surface area contributed by atoms with Gasteiger partial charge in [-0.1, -0.05) is 29.6 Å². The first kappa shape index (κ1) is 16.5. The summed E-state index contributed by atoms with van der Waals surface area (Å²) >= 11 is 3.17. The maximum atomic E-state index is 12.6. The Kier molecular flexibility index (Phi) is 5.33. The summed E-state index contributed by atoms with van der Waals surface area (Å²) in [6, 6.07) is 8.52. The molecule has 0 saturated carbocycles. The summed E-state index contributed by atoms with van der Waals surface area (Å²) in [5, 5.41) is 4.64. The Morgan fingerprint density at radius 1 is 1.35 bits per heavy atom. The Bertz CT molecular complexity index is 678. The molecule has 3 rings (SSSR count). The van der Waals surface area contributed by atoms with Crippen LogP contribution in [0.5, 0.6) is 0 Å². The summed E-state index contributed by atoms with van der Waals surface area (Å²) in [5.74, 6) is 0.108. The van der Waals surface area contributed by atoms with E-state index in [9.17, 15) is 4.79 Å². The van der Waals surface area contributed by atoms with Gasteiger partial charge in [0.1, 0.15) is 4.88 Å². The minimum atomic E-state index is 0.108. The molecule has 0 atom stereocenters. The van der Waals surface area contributed by atoms with Crippen LogP contribution in [0.3, 0.4) is 0 Å². The predicted octanol–water partition coefficient (Wildman–Crippen LogP) is 3.81. The Morgan fingerprint density at radius 3 is 2.78 bits per heavy atom. The van der Waals surface area contributed by atoms with Gasteiger partial charge >= 0.3 is 0 Å². The number of nitrogens with zero attached hydrogens (tertiary/aromatic N) is 3. The van der Waals surface area contributed by atoms with Gasteiger partial charge in [0.15, 0.2) is 0 Å². The first-order valence-corrected chi connectivity index (χ1v) is 9.67. The molecule has 1 amide bonds. The fraction of sp³-hybridized carbons (Fsp3) is 0.471. The number of amides is 1. The van der Waals surface area contributed by atoms with Gasteiger partial charge in [0.2, 0.25) is 0 Å². The van der Waals surface area contributed by atoms with Crippen LogP contribution in [0.15, 0.2) is 29.2 Å². The number of hydrogen-bond donors (Lipinski definition) is 0. The van der Waals surface area contributed by atoms with Crippen molar-refractivity contribution < 1.29 is 4.79 Å². The van der Waals surface area contributed by atoms with Crippen LogP contribution >= 0.6 is 23.3 Å². The van der Waals surface area contributed by atoms with Gasteiger partial charge in [0.25, 0.3) is 5.91 Å². The lowest BCUT2D eigenvalue weighted by atomic mass is 10.1. The molecule has 1 aliphatic heterocycles. The van der Waals surface area contributed by atoms with Crippen LogP contribution in [0.1, 0.15) is 40.7 Å². The van der Waals surface area contributed by atoms with Crippen molar-refractivity contribution in [3.8, 4) is 0 Å². The molecule has 2 heterocycles. The lowest BCUT2D eigenvalue weighted by molar-refractivity contribution is 0.0731. The summed E-state index contributed by atoms with van der Waals surface area (Å²) in [4.78, 5) is 16.6. The van der Waals surface area contributed by atoms with Crippen molar-refractivity contribution in [2.24, 2.45) is 0 Å². The SMILES string of the molecule is CCc1nnsc1C(=O)N1CCC(Sc2ccccc2C)CC1. The lowest BCUT2D eigenvalue weighted by Gasteiger charge is -2.31. The third-order valence-electron chi connectivity index (χ3n) is 4.20. The number of thioether (sulfide) groups is 1. The largest absolute Gasteiger partial charge is 0.338 e. The zero-order valence-corrected chi connectivity index (χ0v) is 15.1. The van der Waals surface area contributed by atoms with E-state index in [0.717, 1.165) is 42.9 Å². The number of aryl methyl sites for hydroxylation is 2. The van der Waals surface area contributed by atoms with Crippen molar-refractivity contribution >= 4 is 29.2 Å². The smallest absolute Gasteiger partial charge is 0.267 e. The highest BCUT2D eigenvalue weighted by molar-refractivity contribution is 8.00. The van der Waals surface area contributed by atoms with Crippen molar-refractivity contribution in [2.45, 2.75) is 43.3 Å². The van der Waals surface area contributed by atoms with Gasteiger partial charge < -0.3 is 4.90 Å². The van der Waals surface area contributed by atoms with E-state index in [1.807, 2.05) is 23.6 Å². The van der Waals surface area contributed by atoms with Gasteiger partial charge in [-0.05, 0) is 49.3 Å². The number of piperidine rings is 1. The van der Waals surface area contributed by atoms with E-state index in [4.69, 9.17) is 0 Å². The van der Waals surface area contributed by atoms with Gasteiger partial charge in [-0.3, -0.25) is 4.79 Å². The molecule has 4 nitrogen and oxygen atoms in total. The van der Waals surface area contributed by atoms with Crippen molar-refractivity contribution in [1.29, 1.82) is 0 Å². The molecule has 1 aromatic carbocycles. The van der Waals surface area contributed by atoms with Gasteiger partial charge in [0.05, 0.1) is 5.69 Å². The van der Waals surface area contributed by atoms with Crippen LogP contribution in [0.2, 0.25) is 0 Å². The predicted molar refractivity (Wildman–Crippen MR) is 95.2 cm³/mol. The molecule has 0 aliphatic carbocycles. The normalized spacial score (nSPS) is 15.8. The minimum Gasteiger partial charge on any atom is -0.338 e. The molecule has 0 spiro atoms. The first-order chi connectivity index (χ1) is 11.2. The first-order valence-electron chi connectivity index (χ1n) is 8.01. The molecule has 1 fully saturated rings. The second kappa shape index (κ2) is 7.45. The van der Waals surface area contributed by atoms with E-state index in [2.05, 4.69) is 40.8 Å². The van der Waals surface area contributed by atoms with Crippen molar-refractivity contribution in [3.05, 3.63) is 40.4 Å². The highest BCUT2D eigenvalue weighted by Gasteiger charge is 2.27. The quantitative estimate of drug-likeness (QED) is 0.844.